The van der Waals surface area contributed by atoms with Gasteiger partial charge >= 0.3 is 0 Å². The van der Waals surface area contributed by atoms with Crippen molar-refractivity contribution >= 4 is 34.7 Å². The average Bonchev–Trinajstić information content (AvgIpc) is 2.63. The van der Waals surface area contributed by atoms with Crippen LogP contribution in [-0.2, 0) is 11.2 Å². The molecule has 17 heavy (non-hydrogen) atoms. The van der Waals surface area contributed by atoms with Gasteiger partial charge in [0.05, 0.1) is 18.0 Å². The van der Waals surface area contributed by atoms with Crippen molar-refractivity contribution in [1.29, 1.82) is 0 Å². The van der Waals surface area contributed by atoms with Gasteiger partial charge in [-0.2, -0.15) is 0 Å². The first-order valence-corrected chi connectivity index (χ1v) is 6.01. The fourth-order valence-corrected chi connectivity index (χ4v) is 2.04. The Kier molecular flexibility index (Phi) is 3.33. The minimum atomic E-state index is 0.133. The molecule has 2 N–H and O–H groups in total. The van der Waals surface area contributed by atoms with E-state index in [1.54, 1.807) is 4.90 Å². The second kappa shape index (κ2) is 4.75. The Hall–Kier alpha value is -1.55. The number of benzene rings is 1. The number of aliphatic imine (C=N–C) groups is 1. The predicted octanol–water partition coefficient (Wildman–Crippen LogP) is 1.82. The summed E-state index contributed by atoms with van der Waals surface area (Å²) in [5, 5.41) is 0. The smallest absolute Gasteiger partial charge is 0.231 e. The number of anilines is 1. The Morgan fingerprint density at radius 3 is 3.00 bits per heavy atom. The Balaban J connectivity index is 2.35. The minimum absolute atomic E-state index is 0.133. The maximum Gasteiger partial charge on any atom is 0.231 e. The number of hydrogen-bond acceptors (Lipinski definition) is 2. The van der Waals surface area contributed by atoms with E-state index in [1.807, 2.05) is 25.1 Å². The highest BCUT2D eigenvalue weighted by Crippen LogP contribution is 2.31. The lowest BCUT2D eigenvalue weighted by atomic mass is 10.1. The molecule has 4 nitrogen and oxygen atoms in total. The first kappa shape index (κ1) is 11.9. The van der Waals surface area contributed by atoms with Gasteiger partial charge in [-0.15, -0.1) is 11.6 Å². The molecule has 0 aromatic heterocycles. The summed E-state index contributed by atoms with van der Waals surface area (Å²) >= 11 is 5.57. The number of amides is 1. The number of rotatable bonds is 3. The molecule has 0 saturated carbocycles. The lowest BCUT2D eigenvalue weighted by molar-refractivity contribution is -0.117. The highest BCUT2D eigenvalue weighted by atomic mass is 35.5. The van der Waals surface area contributed by atoms with Gasteiger partial charge in [-0.1, -0.05) is 0 Å². The average molecular weight is 252 g/mol. The normalized spacial score (nSPS) is 15.3. The van der Waals surface area contributed by atoms with E-state index in [0.29, 0.717) is 18.8 Å². The molecule has 0 aliphatic carbocycles. The standard InChI is InChI=1S/C12H14ClN3O/c1-2-16-10-4-3-9(15-11(14)7-13)5-8(10)6-12(16)17/h3-5H,2,6-7H2,1H3,(H2,14,15). The molecule has 0 unspecified atom stereocenters. The molecule has 1 aromatic carbocycles. The van der Waals surface area contributed by atoms with Crippen LogP contribution in [0.4, 0.5) is 11.4 Å². The quantitative estimate of drug-likeness (QED) is 0.506. The van der Waals surface area contributed by atoms with E-state index < -0.39 is 0 Å². The summed E-state index contributed by atoms with van der Waals surface area (Å²) in [6.07, 6.45) is 0.438. The van der Waals surface area contributed by atoms with Crippen LogP contribution in [0.25, 0.3) is 0 Å². The van der Waals surface area contributed by atoms with Gasteiger partial charge in [-0.05, 0) is 30.7 Å². The van der Waals surface area contributed by atoms with Gasteiger partial charge in [0.25, 0.3) is 0 Å². The zero-order chi connectivity index (χ0) is 12.4. The first-order valence-electron chi connectivity index (χ1n) is 5.48. The first-order chi connectivity index (χ1) is 8.15. The van der Waals surface area contributed by atoms with Crippen LogP contribution >= 0.6 is 11.6 Å². The summed E-state index contributed by atoms with van der Waals surface area (Å²) in [4.78, 5) is 17.6. The fraction of sp³-hybridized carbons (Fsp3) is 0.333. The number of halogens is 1. The van der Waals surface area contributed by atoms with Crippen molar-refractivity contribution in [2.24, 2.45) is 10.7 Å². The third kappa shape index (κ3) is 2.26. The predicted molar refractivity (Wildman–Crippen MR) is 70.2 cm³/mol. The summed E-state index contributed by atoms with van der Waals surface area (Å²) in [6, 6.07) is 5.64. The molecule has 0 saturated heterocycles. The van der Waals surface area contributed by atoms with Crippen molar-refractivity contribution in [3.63, 3.8) is 0 Å². The van der Waals surface area contributed by atoms with Crippen LogP contribution in [0.2, 0.25) is 0 Å². The van der Waals surface area contributed by atoms with Crippen LogP contribution in [-0.4, -0.2) is 24.2 Å². The third-order valence-electron chi connectivity index (χ3n) is 2.72. The number of nitrogens with two attached hydrogens (primary N) is 1. The van der Waals surface area contributed by atoms with Crippen LogP contribution in [0.3, 0.4) is 0 Å². The molecule has 1 aliphatic heterocycles. The van der Waals surface area contributed by atoms with Crippen LogP contribution in [0.1, 0.15) is 12.5 Å². The van der Waals surface area contributed by atoms with Crippen LogP contribution in [0, 0.1) is 0 Å². The molecule has 0 bridgehead atoms. The molecule has 5 heteroatoms. The van der Waals surface area contributed by atoms with E-state index in [0.717, 1.165) is 16.9 Å². The van der Waals surface area contributed by atoms with E-state index in [2.05, 4.69) is 4.99 Å². The van der Waals surface area contributed by atoms with E-state index in [1.165, 1.54) is 0 Å². The molecule has 1 amide bonds. The number of alkyl halides is 1. The van der Waals surface area contributed by atoms with E-state index >= 15 is 0 Å². The lowest BCUT2D eigenvalue weighted by Gasteiger charge is -2.14. The number of carbonyl (C=O) groups is 1. The largest absolute Gasteiger partial charge is 0.386 e. The monoisotopic (exact) mass is 251 g/mol. The van der Waals surface area contributed by atoms with Crippen molar-refractivity contribution in [1.82, 2.24) is 0 Å². The van der Waals surface area contributed by atoms with Gasteiger partial charge in [-0.3, -0.25) is 4.79 Å². The topological polar surface area (TPSA) is 58.7 Å². The van der Waals surface area contributed by atoms with Gasteiger partial charge < -0.3 is 10.6 Å². The summed E-state index contributed by atoms with van der Waals surface area (Å²) in [5.74, 6) is 0.717. The molecule has 2 rings (SSSR count). The molecule has 90 valence electrons. The number of nitrogens with zero attached hydrogens (tertiary/aromatic N) is 2. The zero-order valence-corrected chi connectivity index (χ0v) is 10.4. The maximum absolute atomic E-state index is 11.7. The Morgan fingerprint density at radius 2 is 2.35 bits per heavy atom. The minimum Gasteiger partial charge on any atom is -0.386 e. The van der Waals surface area contributed by atoms with Crippen LogP contribution < -0.4 is 10.6 Å². The Bertz CT molecular complexity index is 485. The van der Waals surface area contributed by atoms with E-state index in [-0.39, 0.29) is 11.8 Å². The fourth-order valence-electron chi connectivity index (χ4n) is 1.98. The van der Waals surface area contributed by atoms with Gasteiger partial charge in [0.1, 0.15) is 5.84 Å². The molecule has 0 spiro atoms. The number of fused-ring (bicyclic) bond motifs is 1. The highest BCUT2D eigenvalue weighted by molar-refractivity contribution is 6.28. The lowest BCUT2D eigenvalue weighted by Crippen LogP contribution is -2.25. The second-order valence-corrected chi connectivity index (χ2v) is 4.13. The maximum atomic E-state index is 11.7. The van der Waals surface area contributed by atoms with Gasteiger partial charge in [-0.25, -0.2) is 4.99 Å². The van der Waals surface area contributed by atoms with Crippen molar-refractivity contribution in [2.45, 2.75) is 13.3 Å². The molecule has 1 aromatic rings. The molecule has 0 fully saturated rings. The number of hydrogen-bond donors (Lipinski definition) is 1. The van der Waals surface area contributed by atoms with Crippen LogP contribution in [0.5, 0.6) is 0 Å². The number of carbonyl (C=O) groups excluding carboxylic acids is 1. The molecule has 0 radical (unpaired) electrons. The Morgan fingerprint density at radius 1 is 1.59 bits per heavy atom. The van der Waals surface area contributed by atoms with Crippen molar-refractivity contribution < 1.29 is 4.79 Å². The zero-order valence-electron chi connectivity index (χ0n) is 9.61. The van der Waals surface area contributed by atoms with Crippen molar-refractivity contribution in [3.8, 4) is 0 Å². The molecular formula is C12H14ClN3O. The van der Waals surface area contributed by atoms with Gasteiger partial charge in [0.2, 0.25) is 5.91 Å². The SMILES string of the molecule is CCN1C(=O)Cc2cc(N=C(N)CCl)ccc21. The number of likely N-dealkylation sites (N-methyl/N-ethyl adjacent to an activating group) is 1. The second-order valence-electron chi connectivity index (χ2n) is 3.86. The van der Waals surface area contributed by atoms with E-state index in [9.17, 15) is 4.79 Å². The summed E-state index contributed by atoms with van der Waals surface area (Å²) in [6.45, 7) is 2.66. The third-order valence-corrected chi connectivity index (χ3v) is 3.00. The van der Waals surface area contributed by atoms with Gasteiger partial charge in [0, 0.05) is 12.2 Å². The van der Waals surface area contributed by atoms with Crippen molar-refractivity contribution in [2.75, 3.05) is 17.3 Å². The molecular weight excluding hydrogens is 238 g/mol. The summed E-state index contributed by atoms with van der Waals surface area (Å²) < 4.78 is 0. The van der Waals surface area contributed by atoms with E-state index in [4.69, 9.17) is 17.3 Å². The highest BCUT2D eigenvalue weighted by Gasteiger charge is 2.25. The summed E-state index contributed by atoms with van der Waals surface area (Å²) in [5.41, 5.74) is 8.29. The molecule has 0 atom stereocenters. The van der Waals surface area contributed by atoms with Gasteiger partial charge in [0.15, 0.2) is 0 Å². The Labute approximate surface area is 105 Å². The summed E-state index contributed by atoms with van der Waals surface area (Å²) in [7, 11) is 0. The number of amidine groups is 1. The van der Waals surface area contributed by atoms with Crippen LogP contribution in [0.15, 0.2) is 23.2 Å². The molecule has 1 heterocycles. The van der Waals surface area contributed by atoms with Crippen molar-refractivity contribution in [3.05, 3.63) is 23.8 Å². The molecule has 1 aliphatic rings.